The summed E-state index contributed by atoms with van der Waals surface area (Å²) in [5.74, 6) is -0.962. The van der Waals surface area contributed by atoms with Gasteiger partial charge in [0.15, 0.2) is 0 Å². The summed E-state index contributed by atoms with van der Waals surface area (Å²) in [5.41, 5.74) is 4.22. The van der Waals surface area contributed by atoms with Crippen LogP contribution in [0.5, 0.6) is 0 Å². The Morgan fingerprint density at radius 3 is 2.57 bits per heavy atom. The van der Waals surface area contributed by atoms with Crippen LogP contribution in [0.2, 0.25) is 0 Å². The molecule has 3 aromatic rings. The van der Waals surface area contributed by atoms with Crippen LogP contribution in [-0.2, 0) is 7.05 Å². The van der Waals surface area contributed by atoms with Crippen LogP contribution < -0.4 is 0 Å². The van der Waals surface area contributed by atoms with Gasteiger partial charge in [0, 0.05) is 23.5 Å². The van der Waals surface area contributed by atoms with E-state index in [0.717, 1.165) is 22.2 Å². The third kappa shape index (κ3) is 1.85. The number of nitrogens with zero attached hydrogens (tertiary/aromatic N) is 1. The molecule has 0 aliphatic heterocycles. The van der Waals surface area contributed by atoms with E-state index < -0.39 is 12.1 Å². The second-order valence-corrected chi connectivity index (χ2v) is 5.72. The lowest BCUT2D eigenvalue weighted by atomic mass is 9.99. The summed E-state index contributed by atoms with van der Waals surface area (Å²) in [6.07, 6.45) is 1.02. The van der Waals surface area contributed by atoms with E-state index in [2.05, 4.69) is 0 Å². The molecule has 0 saturated heterocycles. The number of aromatic nitrogens is 1. The van der Waals surface area contributed by atoms with Gasteiger partial charge in [-0.25, -0.2) is 4.79 Å². The highest BCUT2D eigenvalue weighted by atomic mass is 16.4. The zero-order chi connectivity index (χ0) is 16.1. The van der Waals surface area contributed by atoms with Crippen LogP contribution in [0.25, 0.3) is 16.5 Å². The van der Waals surface area contributed by atoms with Crippen molar-refractivity contribution in [1.29, 1.82) is 0 Å². The number of benzene rings is 2. The van der Waals surface area contributed by atoms with Gasteiger partial charge in [-0.3, -0.25) is 0 Å². The number of fused-ring (bicyclic) bond motifs is 2. The standard InChI is InChI=1S/C19H15NO3/c1-20-15-9-5-4-8-13(15)17(19(22)23)18(20)14-10-16(21)12-7-3-2-6-11(12)14/h2-10,16,21H,1H3,(H,22,23). The molecule has 0 bridgehead atoms. The number of carboxylic acids is 1. The number of aryl methyl sites for hydroxylation is 1. The minimum atomic E-state index is -0.962. The summed E-state index contributed by atoms with van der Waals surface area (Å²) >= 11 is 0. The summed E-state index contributed by atoms with van der Waals surface area (Å²) in [7, 11) is 1.86. The SMILES string of the molecule is Cn1c(C2=CC(O)c3ccccc32)c(C(=O)O)c2ccccc21. The molecule has 0 spiro atoms. The molecule has 0 amide bonds. The maximum atomic E-state index is 11.9. The molecule has 4 nitrogen and oxygen atoms in total. The van der Waals surface area contributed by atoms with Crippen LogP contribution in [0, 0.1) is 0 Å². The van der Waals surface area contributed by atoms with E-state index in [1.807, 2.05) is 60.1 Å². The van der Waals surface area contributed by atoms with E-state index in [0.29, 0.717) is 11.1 Å². The van der Waals surface area contributed by atoms with Crippen molar-refractivity contribution in [2.45, 2.75) is 6.10 Å². The Balaban J connectivity index is 2.08. The lowest BCUT2D eigenvalue weighted by molar-refractivity contribution is 0.0698. The van der Waals surface area contributed by atoms with Gasteiger partial charge >= 0.3 is 5.97 Å². The van der Waals surface area contributed by atoms with Crippen LogP contribution in [0.15, 0.2) is 54.6 Å². The van der Waals surface area contributed by atoms with Crippen LogP contribution >= 0.6 is 0 Å². The Morgan fingerprint density at radius 1 is 1.09 bits per heavy atom. The molecular formula is C19H15NO3. The first kappa shape index (κ1) is 13.8. The van der Waals surface area contributed by atoms with Crippen molar-refractivity contribution in [3.05, 3.63) is 77.0 Å². The van der Waals surface area contributed by atoms with Crippen LogP contribution in [0.3, 0.4) is 0 Å². The normalized spacial score (nSPS) is 16.4. The molecule has 1 atom stereocenters. The largest absolute Gasteiger partial charge is 0.478 e. The molecule has 1 aromatic heterocycles. The smallest absolute Gasteiger partial charge is 0.338 e. The molecule has 4 heteroatoms. The number of carbonyl (C=O) groups is 1. The Labute approximate surface area is 132 Å². The first-order chi connectivity index (χ1) is 11.1. The average molecular weight is 305 g/mol. The predicted molar refractivity (Wildman–Crippen MR) is 88.4 cm³/mol. The predicted octanol–water partition coefficient (Wildman–Crippen LogP) is 3.36. The van der Waals surface area contributed by atoms with E-state index in [4.69, 9.17) is 0 Å². The zero-order valence-corrected chi connectivity index (χ0v) is 12.5. The first-order valence-electron chi connectivity index (χ1n) is 7.40. The molecule has 2 N–H and O–H groups in total. The van der Waals surface area contributed by atoms with Gasteiger partial charge in [-0.2, -0.15) is 0 Å². The minimum Gasteiger partial charge on any atom is -0.478 e. The monoisotopic (exact) mass is 305 g/mol. The number of carboxylic acid groups (broad SMARTS) is 1. The number of hydrogen-bond donors (Lipinski definition) is 2. The van der Waals surface area contributed by atoms with Crippen LogP contribution in [0.4, 0.5) is 0 Å². The Bertz CT molecular complexity index is 981. The summed E-state index contributed by atoms with van der Waals surface area (Å²) in [4.78, 5) is 11.9. The van der Waals surface area contributed by atoms with Crippen molar-refractivity contribution in [1.82, 2.24) is 4.57 Å². The molecule has 0 fully saturated rings. The molecule has 1 unspecified atom stereocenters. The van der Waals surface area contributed by atoms with E-state index in [1.54, 1.807) is 6.08 Å². The van der Waals surface area contributed by atoms with Gasteiger partial charge in [-0.05, 0) is 23.3 Å². The number of para-hydroxylation sites is 1. The fourth-order valence-corrected chi connectivity index (χ4v) is 3.47. The first-order valence-corrected chi connectivity index (χ1v) is 7.40. The number of aliphatic hydroxyl groups excluding tert-OH is 1. The van der Waals surface area contributed by atoms with Crippen molar-refractivity contribution in [2.24, 2.45) is 7.05 Å². The van der Waals surface area contributed by atoms with Crippen molar-refractivity contribution < 1.29 is 15.0 Å². The van der Waals surface area contributed by atoms with Crippen molar-refractivity contribution in [3.8, 4) is 0 Å². The molecule has 23 heavy (non-hydrogen) atoms. The summed E-state index contributed by atoms with van der Waals surface area (Å²) in [5, 5.41) is 20.7. The summed E-state index contributed by atoms with van der Waals surface area (Å²) in [6, 6.07) is 15.0. The van der Waals surface area contributed by atoms with Crippen molar-refractivity contribution >= 4 is 22.4 Å². The molecule has 0 saturated carbocycles. The highest BCUT2D eigenvalue weighted by Gasteiger charge is 2.29. The highest BCUT2D eigenvalue weighted by Crippen LogP contribution is 2.41. The molecular weight excluding hydrogens is 290 g/mol. The molecule has 1 aliphatic rings. The highest BCUT2D eigenvalue weighted by molar-refractivity contribution is 6.09. The number of rotatable bonds is 2. The maximum absolute atomic E-state index is 11.9. The second kappa shape index (κ2) is 4.83. The fraction of sp³-hybridized carbons (Fsp3) is 0.105. The van der Waals surface area contributed by atoms with Gasteiger partial charge in [0.05, 0.1) is 17.4 Å². The minimum absolute atomic E-state index is 0.276. The fourth-order valence-electron chi connectivity index (χ4n) is 3.47. The van der Waals surface area contributed by atoms with Crippen molar-refractivity contribution in [2.75, 3.05) is 0 Å². The third-order valence-corrected chi connectivity index (χ3v) is 4.47. The lowest BCUT2D eigenvalue weighted by Crippen LogP contribution is -2.04. The average Bonchev–Trinajstić information content (AvgIpc) is 3.03. The van der Waals surface area contributed by atoms with Gasteiger partial charge in [0.1, 0.15) is 0 Å². The molecule has 1 heterocycles. The topological polar surface area (TPSA) is 62.5 Å². The molecule has 2 aromatic carbocycles. The van der Waals surface area contributed by atoms with Gasteiger partial charge < -0.3 is 14.8 Å². The van der Waals surface area contributed by atoms with E-state index in [1.165, 1.54) is 0 Å². The van der Waals surface area contributed by atoms with Gasteiger partial charge in [-0.1, -0.05) is 42.5 Å². The summed E-state index contributed by atoms with van der Waals surface area (Å²) in [6.45, 7) is 0. The number of hydrogen-bond acceptors (Lipinski definition) is 2. The Morgan fingerprint density at radius 2 is 1.78 bits per heavy atom. The van der Waals surface area contributed by atoms with E-state index >= 15 is 0 Å². The Hall–Kier alpha value is -2.85. The summed E-state index contributed by atoms with van der Waals surface area (Å²) < 4.78 is 1.89. The molecule has 0 radical (unpaired) electrons. The van der Waals surface area contributed by atoms with Crippen LogP contribution in [0.1, 0.15) is 33.3 Å². The van der Waals surface area contributed by atoms with Gasteiger partial charge in [-0.15, -0.1) is 0 Å². The van der Waals surface area contributed by atoms with Crippen LogP contribution in [-0.4, -0.2) is 20.7 Å². The second-order valence-electron chi connectivity index (χ2n) is 5.72. The Kier molecular flexibility index (Phi) is 2.89. The number of aliphatic hydroxyl groups is 1. The molecule has 114 valence electrons. The van der Waals surface area contributed by atoms with Gasteiger partial charge in [0.25, 0.3) is 0 Å². The van der Waals surface area contributed by atoms with Gasteiger partial charge in [0.2, 0.25) is 0 Å². The lowest BCUT2D eigenvalue weighted by Gasteiger charge is -2.09. The van der Waals surface area contributed by atoms with E-state index in [-0.39, 0.29) is 5.56 Å². The van der Waals surface area contributed by atoms with E-state index in [9.17, 15) is 15.0 Å². The van der Waals surface area contributed by atoms with Crippen molar-refractivity contribution in [3.63, 3.8) is 0 Å². The zero-order valence-electron chi connectivity index (χ0n) is 12.5. The third-order valence-electron chi connectivity index (χ3n) is 4.47. The quantitative estimate of drug-likeness (QED) is 0.763. The molecule has 4 rings (SSSR count). The number of aromatic carboxylic acids is 1. The maximum Gasteiger partial charge on any atom is 0.338 e. The molecule has 1 aliphatic carbocycles.